The molecule has 1 nitrogen and oxygen atoms in total. The Morgan fingerprint density at radius 1 is 1.35 bits per heavy atom. The van der Waals surface area contributed by atoms with E-state index < -0.39 is 12.6 Å². The van der Waals surface area contributed by atoms with Crippen LogP contribution in [-0.4, -0.2) is 12.7 Å². The molecule has 0 saturated heterocycles. The van der Waals surface area contributed by atoms with Gasteiger partial charge >= 0.3 is 6.18 Å². The topological polar surface area (TPSA) is 12.0 Å². The monoisotopic (exact) mass is 265 g/mol. The molecule has 1 rings (SSSR count). The summed E-state index contributed by atoms with van der Waals surface area (Å²) in [5.74, 6) is 0. The molecule has 1 aromatic rings. The first-order chi connectivity index (χ1) is 7.88. The average molecular weight is 266 g/mol. The molecule has 0 heterocycles. The van der Waals surface area contributed by atoms with Gasteiger partial charge in [-0.1, -0.05) is 23.7 Å². The first-order valence-electron chi connectivity index (χ1n) is 5.44. The van der Waals surface area contributed by atoms with E-state index in [4.69, 9.17) is 11.6 Å². The van der Waals surface area contributed by atoms with Gasteiger partial charge in [0.05, 0.1) is 0 Å². The Morgan fingerprint density at radius 2 is 2.06 bits per heavy atom. The van der Waals surface area contributed by atoms with Gasteiger partial charge in [0.2, 0.25) is 0 Å². The lowest BCUT2D eigenvalue weighted by Gasteiger charge is -2.15. The van der Waals surface area contributed by atoms with Gasteiger partial charge in [-0.2, -0.15) is 13.2 Å². The fourth-order valence-corrected chi connectivity index (χ4v) is 1.70. The third-order valence-corrected chi connectivity index (χ3v) is 2.67. The van der Waals surface area contributed by atoms with Crippen LogP contribution in [0, 0.1) is 0 Å². The van der Waals surface area contributed by atoms with E-state index in [1.54, 1.807) is 6.07 Å². The highest BCUT2D eigenvalue weighted by molar-refractivity contribution is 6.30. The second-order valence-corrected chi connectivity index (χ2v) is 4.39. The summed E-state index contributed by atoms with van der Waals surface area (Å²) in [6.45, 7) is 2.24. The normalized spacial score (nSPS) is 13.7. The van der Waals surface area contributed by atoms with E-state index in [9.17, 15) is 13.2 Å². The second kappa shape index (κ2) is 6.26. The Bertz CT molecular complexity index is 352. The minimum atomic E-state index is -4.07. The Labute approximate surface area is 104 Å². The number of nitrogens with one attached hydrogen (secondary N) is 1. The van der Waals surface area contributed by atoms with Gasteiger partial charge in [0.25, 0.3) is 0 Å². The molecule has 0 aliphatic carbocycles. The molecule has 96 valence electrons. The minimum Gasteiger partial charge on any atom is -0.310 e. The molecule has 0 radical (unpaired) electrons. The van der Waals surface area contributed by atoms with Crippen LogP contribution >= 0.6 is 11.6 Å². The molecule has 0 aromatic heterocycles. The van der Waals surface area contributed by atoms with Gasteiger partial charge in [-0.15, -0.1) is 0 Å². The lowest BCUT2D eigenvalue weighted by Crippen LogP contribution is -2.21. The van der Waals surface area contributed by atoms with Gasteiger partial charge in [0.15, 0.2) is 0 Å². The van der Waals surface area contributed by atoms with Gasteiger partial charge < -0.3 is 5.32 Å². The number of alkyl halides is 3. The van der Waals surface area contributed by atoms with Crippen LogP contribution in [0.25, 0.3) is 0 Å². The smallest absolute Gasteiger partial charge is 0.310 e. The van der Waals surface area contributed by atoms with Crippen molar-refractivity contribution in [1.29, 1.82) is 0 Å². The summed E-state index contributed by atoms with van der Waals surface area (Å²) < 4.78 is 35.7. The SMILES string of the molecule is C[C@@H](NCCCC(F)(F)F)c1cccc(Cl)c1. The third kappa shape index (κ3) is 5.94. The first kappa shape index (κ1) is 14.3. The summed E-state index contributed by atoms with van der Waals surface area (Å²) >= 11 is 5.83. The van der Waals surface area contributed by atoms with Crippen LogP contribution in [-0.2, 0) is 0 Å². The van der Waals surface area contributed by atoms with Gasteiger partial charge in [0, 0.05) is 17.5 Å². The first-order valence-corrected chi connectivity index (χ1v) is 5.82. The van der Waals surface area contributed by atoms with Crippen LogP contribution in [0.1, 0.15) is 31.4 Å². The van der Waals surface area contributed by atoms with Crippen molar-refractivity contribution in [1.82, 2.24) is 5.32 Å². The summed E-state index contributed by atoms with van der Waals surface area (Å²) in [6.07, 6.45) is -4.72. The maximum absolute atomic E-state index is 11.9. The molecule has 0 saturated carbocycles. The number of hydrogen-bond donors (Lipinski definition) is 1. The van der Waals surface area contributed by atoms with Crippen LogP contribution in [0.3, 0.4) is 0 Å². The van der Waals surface area contributed by atoms with E-state index in [0.717, 1.165) is 5.56 Å². The van der Waals surface area contributed by atoms with Gasteiger partial charge in [-0.05, 0) is 37.6 Å². The van der Waals surface area contributed by atoms with Crippen molar-refractivity contribution in [2.24, 2.45) is 0 Å². The molecule has 0 amide bonds. The van der Waals surface area contributed by atoms with Crippen LogP contribution in [0.5, 0.6) is 0 Å². The average Bonchev–Trinajstić information content (AvgIpc) is 2.23. The van der Waals surface area contributed by atoms with Crippen LogP contribution < -0.4 is 5.32 Å². The van der Waals surface area contributed by atoms with E-state index in [-0.39, 0.29) is 12.5 Å². The molecule has 0 aliphatic heterocycles. The maximum Gasteiger partial charge on any atom is 0.389 e. The zero-order valence-electron chi connectivity index (χ0n) is 9.52. The number of benzene rings is 1. The van der Waals surface area contributed by atoms with Crippen molar-refractivity contribution in [2.75, 3.05) is 6.54 Å². The molecule has 0 bridgehead atoms. The van der Waals surface area contributed by atoms with Crippen molar-refractivity contribution in [3.63, 3.8) is 0 Å². The van der Waals surface area contributed by atoms with Gasteiger partial charge in [-0.3, -0.25) is 0 Å². The fourth-order valence-electron chi connectivity index (χ4n) is 1.50. The Balaban J connectivity index is 2.33. The summed E-state index contributed by atoms with van der Waals surface area (Å²) in [5, 5.41) is 3.67. The molecule has 5 heteroatoms. The van der Waals surface area contributed by atoms with Crippen LogP contribution in [0.15, 0.2) is 24.3 Å². The lowest BCUT2D eigenvalue weighted by molar-refractivity contribution is -0.135. The van der Waals surface area contributed by atoms with E-state index in [1.807, 2.05) is 25.1 Å². The highest BCUT2D eigenvalue weighted by atomic mass is 35.5. The molecular weight excluding hydrogens is 251 g/mol. The molecular formula is C12H15ClF3N. The molecule has 1 N–H and O–H groups in total. The number of halogens is 4. The molecule has 0 unspecified atom stereocenters. The van der Waals surface area contributed by atoms with Crippen molar-refractivity contribution in [3.05, 3.63) is 34.9 Å². The minimum absolute atomic E-state index is 0.00179. The predicted molar refractivity (Wildman–Crippen MR) is 63.2 cm³/mol. The van der Waals surface area contributed by atoms with Crippen molar-refractivity contribution in [3.8, 4) is 0 Å². The summed E-state index contributed by atoms with van der Waals surface area (Å²) in [7, 11) is 0. The molecule has 1 atom stereocenters. The Hall–Kier alpha value is -0.740. The fraction of sp³-hybridized carbons (Fsp3) is 0.500. The van der Waals surface area contributed by atoms with Crippen molar-refractivity contribution < 1.29 is 13.2 Å². The second-order valence-electron chi connectivity index (χ2n) is 3.95. The molecule has 0 spiro atoms. The summed E-state index contributed by atoms with van der Waals surface area (Å²) in [5.41, 5.74) is 0.976. The van der Waals surface area contributed by atoms with E-state index >= 15 is 0 Å². The molecule has 0 aliphatic rings. The molecule has 1 aromatic carbocycles. The molecule has 0 fully saturated rings. The van der Waals surface area contributed by atoms with Crippen molar-refractivity contribution in [2.45, 2.75) is 32.0 Å². The van der Waals surface area contributed by atoms with Gasteiger partial charge in [0.1, 0.15) is 0 Å². The van der Waals surface area contributed by atoms with Crippen LogP contribution in [0.2, 0.25) is 5.02 Å². The third-order valence-electron chi connectivity index (χ3n) is 2.44. The van der Waals surface area contributed by atoms with E-state index in [1.165, 1.54) is 0 Å². The quantitative estimate of drug-likeness (QED) is 0.781. The van der Waals surface area contributed by atoms with Gasteiger partial charge in [-0.25, -0.2) is 0 Å². The summed E-state index contributed by atoms with van der Waals surface area (Å²) in [6, 6.07) is 7.30. The number of hydrogen-bond acceptors (Lipinski definition) is 1. The standard InChI is InChI=1S/C12H15ClF3N/c1-9(10-4-2-5-11(13)8-10)17-7-3-6-12(14,15)16/h2,4-5,8-9,17H,3,6-7H2,1H3/t9-/m1/s1. The van der Waals surface area contributed by atoms with Crippen LogP contribution in [0.4, 0.5) is 13.2 Å². The molecule has 17 heavy (non-hydrogen) atoms. The zero-order valence-corrected chi connectivity index (χ0v) is 10.3. The Kier molecular flexibility index (Phi) is 5.28. The highest BCUT2D eigenvalue weighted by Crippen LogP contribution is 2.21. The summed E-state index contributed by atoms with van der Waals surface area (Å²) in [4.78, 5) is 0. The lowest BCUT2D eigenvalue weighted by atomic mass is 10.1. The van der Waals surface area contributed by atoms with Crippen molar-refractivity contribution >= 4 is 11.6 Å². The zero-order chi connectivity index (χ0) is 12.9. The number of rotatable bonds is 5. The van der Waals surface area contributed by atoms with E-state index in [2.05, 4.69) is 5.32 Å². The predicted octanol–water partition coefficient (Wildman–Crippen LogP) is 4.33. The maximum atomic E-state index is 11.9. The Morgan fingerprint density at radius 3 is 2.65 bits per heavy atom. The highest BCUT2D eigenvalue weighted by Gasteiger charge is 2.25. The largest absolute Gasteiger partial charge is 0.389 e. The van der Waals surface area contributed by atoms with E-state index in [0.29, 0.717) is 11.6 Å².